The van der Waals surface area contributed by atoms with Gasteiger partial charge in [0.05, 0.1) is 6.61 Å². The first kappa shape index (κ1) is 9.75. The summed E-state index contributed by atoms with van der Waals surface area (Å²) < 4.78 is 5.15. The normalized spacial score (nSPS) is 19.1. The summed E-state index contributed by atoms with van der Waals surface area (Å²) in [7, 11) is 1.77. The van der Waals surface area contributed by atoms with Crippen molar-refractivity contribution in [3.63, 3.8) is 0 Å². The molecule has 1 saturated carbocycles. The summed E-state index contributed by atoms with van der Waals surface area (Å²) in [6.45, 7) is 5.58. The van der Waals surface area contributed by atoms with E-state index < -0.39 is 0 Å². The molecule has 2 nitrogen and oxygen atoms in total. The van der Waals surface area contributed by atoms with Gasteiger partial charge in [0.25, 0.3) is 0 Å². The van der Waals surface area contributed by atoms with E-state index in [-0.39, 0.29) is 0 Å². The molecule has 1 fully saturated rings. The Hall–Kier alpha value is -0.340. The molecular weight excluding hydrogens is 150 g/mol. The highest BCUT2D eigenvalue weighted by molar-refractivity contribution is 4.86. The summed E-state index contributed by atoms with van der Waals surface area (Å²) in [4.78, 5) is 0. The molecule has 0 radical (unpaired) electrons. The summed E-state index contributed by atoms with van der Waals surface area (Å²) in [6, 6.07) is 0.579. The van der Waals surface area contributed by atoms with Gasteiger partial charge in [-0.3, -0.25) is 0 Å². The third kappa shape index (κ3) is 3.37. The lowest BCUT2D eigenvalue weighted by Gasteiger charge is -2.16. The number of hydrogen-bond donors (Lipinski definition) is 1. The summed E-state index contributed by atoms with van der Waals surface area (Å²) in [5, 5.41) is 3.49. The second kappa shape index (κ2) is 5.33. The maximum Gasteiger partial charge on any atom is 0.0618 e. The molecule has 1 atom stereocenters. The standard InChI is InChI=1S/C10H19NO/c1-3-4-7-11-10(8-12-2)9-5-6-9/h3,9-11H,1,4-8H2,2H3. The van der Waals surface area contributed by atoms with Crippen LogP contribution >= 0.6 is 0 Å². The van der Waals surface area contributed by atoms with Crippen LogP contribution in [0.5, 0.6) is 0 Å². The van der Waals surface area contributed by atoms with Gasteiger partial charge >= 0.3 is 0 Å². The predicted octanol–water partition coefficient (Wildman–Crippen LogP) is 1.58. The van der Waals surface area contributed by atoms with Gasteiger partial charge in [-0.2, -0.15) is 0 Å². The maximum absolute atomic E-state index is 5.15. The largest absolute Gasteiger partial charge is 0.383 e. The van der Waals surface area contributed by atoms with Crippen LogP contribution in [-0.2, 0) is 4.74 Å². The van der Waals surface area contributed by atoms with Gasteiger partial charge in [-0.1, -0.05) is 6.08 Å². The van der Waals surface area contributed by atoms with Crippen molar-refractivity contribution in [1.82, 2.24) is 5.32 Å². The van der Waals surface area contributed by atoms with E-state index in [1.165, 1.54) is 12.8 Å². The van der Waals surface area contributed by atoms with Gasteiger partial charge in [-0.05, 0) is 31.7 Å². The van der Waals surface area contributed by atoms with Crippen LogP contribution in [0.3, 0.4) is 0 Å². The minimum Gasteiger partial charge on any atom is -0.383 e. The summed E-state index contributed by atoms with van der Waals surface area (Å²) in [5.41, 5.74) is 0. The number of ether oxygens (including phenoxy) is 1. The average Bonchev–Trinajstić information content (AvgIpc) is 2.86. The first-order valence-corrected chi connectivity index (χ1v) is 4.71. The molecular formula is C10H19NO. The van der Waals surface area contributed by atoms with E-state index in [0.29, 0.717) is 6.04 Å². The lowest BCUT2D eigenvalue weighted by molar-refractivity contribution is 0.158. The predicted molar refractivity (Wildman–Crippen MR) is 51.2 cm³/mol. The third-order valence-corrected chi connectivity index (χ3v) is 2.29. The summed E-state index contributed by atoms with van der Waals surface area (Å²) in [5.74, 6) is 0.870. The van der Waals surface area contributed by atoms with Crippen molar-refractivity contribution in [1.29, 1.82) is 0 Å². The molecule has 12 heavy (non-hydrogen) atoms. The van der Waals surface area contributed by atoms with Crippen molar-refractivity contribution in [3.05, 3.63) is 12.7 Å². The van der Waals surface area contributed by atoms with Gasteiger partial charge < -0.3 is 10.1 Å². The second-order valence-electron chi connectivity index (χ2n) is 3.43. The highest BCUT2D eigenvalue weighted by Crippen LogP contribution is 2.32. The minimum absolute atomic E-state index is 0.579. The van der Waals surface area contributed by atoms with Gasteiger partial charge in [0.15, 0.2) is 0 Å². The van der Waals surface area contributed by atoms with Crippen LogP contribution in [-0.4, -0.2) is 26.3 Å². The zero-order valence-electron chi connectivity index (χ0n) is 7.88. The molecule has 0 aliphatic heterocycles. The average molecular weight is 169 g/mol. The Balaban J connectivity index is 2.09. The Morgan fingerprint density at radius 3 is 2.92 bits per heavy atom. The lowest BCUT2D eigenvalue weighted by Crippen LogP contribution is -2.35. The van der Waals surface area contributed by atoms with E-state index >= 15 is 0 Å². The lowest BCUT2D eigenvalue weighted by atomic mass is 10.2. The number of methoxy groups -OCH3 is 1. The highest BCUT2D eigenvalue weighted by Gasteiger charge is 2.30. The Morgan fingerprint density at radius 1 is 1.67 bits per heavy atom. The summed E-state index contributed by atoms with van der Waals surface area (Å²) in [6.07, 6.45) is 5.74. The van der Waals surface area contributed by atoms with E-state index in [9.17, 15) is 0 Å². The molecule has 70 valence electrons. The van der Waals surface area contributed by atoms with Crippen molar-refractivity contribution >= 4 is 0 Å². The quantitative estimate of drug-likeness (QED) is 0.461. The molecule has 0 saturated heterocycles. The highest BCUT2D eigenvalue weighted by atomic mass is 16.5. The van der Waals surface area contributed by atoms with Crippen LogP contribution in [0.15, 0.2) is 12.7 Å². The first-order valence-electron chi connectivity index (χ1n) is 4.71. The molecule has 1 N–H and O–H groups in total. The molecule has 2 heteroatoms. The van der Waals surface area contributed by atoms with Crippen molar-refractivity contribution in [2.75, 3.05) is 20.3 Å². The van der Waals surface area contributed by atoms with Gasteiger partial charge in [0, 0.05) is 13.2 Å². The molecule has 1 aliphatic carbocycles. The fourth-order valence-electron chi connectivity index (χ4n) is 1.41. The third-order valence-electron chi connectivity index (χ3n) is 2.29. The van der Waals surface area contributed by atoms with Crippen LogP contribution in [0.2, 0.25) is 0 Å². The fourth-order valence-corrected chi connectivity index (χ4v) is 1.41. The van der Waals surface area contributed by atoms with Crippen LogP contribution in [0, 0.1) is 5.92 Å². The molecule has 0 bridgehead atoms. The van der Waals surface area contributed by atoms with Crippen molar-refractivity contribution in [3.8, 4) is 0 Å². The van der Waals surface area contributed by atoms with Crippen LogP contribution < -0.4 is 5.32 Å². The van der Waals surface area contributed by atoms with E-state index in [1.807, 2.05) is 6.08 Å². The zero-order chi connectivity index (χ0) is 8.81. The maximum atomic E-state index is 5.15. The SMILES string of the molecule is C=CCCNC(COC)C1CC1. The Kier molecular flexibility index (Phi) is 4.33. The molecule has 1 unspecified atom stereocenters. The second-order valence-corrected chi connectivity index (χ2v) is 3.43. The molecule has 1 rings (SSSR count). The van der Waals surface area contributed by atoms with Crippen molar-refractivity contribution < 1.29 is 4.74 Å². The van der Waals surface area contributed by atoms with Crippen molar-refractivity contribution in [2.45, 2.75) is 25.3 Å². The van der Waals surface area contributed by atoms with Gasteiger partial charge in [0.2, 0.25) is 0 Å². The fraction of sp³-hybridized carbons (Fsp3) is 0.800. The van der Waals surface area contributed by atoms with Gasteiger partial charge in [0.1, 0.15) is 0 Å². The number of hydrogen-bond acceptors (Lipinski definition) is 2. The Bertz CT molecular complexity index is 132. The Labute approximate surface area is 75.0 Å². The van der Waals surface area contributed by atoms with Crippen LogP contribution in [0.25, 0.3) is 0 Å². The molecule has 0 aromatic carbocycles. The monoisotopic (exact) mass is 169 g/mol. The van der Waals surface area contributed by atoms with Gasteiger partial charge in [-0.25, -0.2) is 0 Å². The summed E-state index contributed by atoms with van der Waals surface area (Å²) >= 11 is 0. The molecule has 0 spiro atoms. The van der Waals surface area contributed by atoms with E-state index in [2.05, 4.69) is 11.9 Å². The molecule has 0 aromatic rings. The molecule has 0 aromatic heterocycles. The molecule has 1 aliphatic rings. The van der Waals surface area contributed by atoms with Crippen LogP contribution in [0.4, 0.5) is 0 Å². The minimum atomic E-state index is 0.579. The number of nitrogens with one attached hydrogen (secondary N) is 1. The first-order chi connectivity index (χ1) is 5.88. The number of rotatable bonds is 7. The van der Waals surface area contributed by atoms with Gasteiger partial charge in [-0.15, -0.1) is 6.58 Å². The molecule has 0 amide bonds. The van der Waals surface area contributed by atoms with Crippen LogP contribution in [0.1, 0.15) is 19.3 Å². The molecule has 0 heterocycles. The van der Waals surface area contributed by atoms with E-state index in [0.717, 1.165) is 25.5 Å². The topological polar surface area (TPSA) is 21.3 Å². The Morgan fingerprint density at radius 2 is 2.42 bits per heavy atom. The van der Waals surface area contributed by atoms with E-state index in [4.69, 9.17) is 4.74 Å². The van der Waals surface area contributed by atoms with E-state index in [1.54, 1.807) is 7.11 Å². The zero-order valence-corrected chi connectivity index (χ0v) is 7.88. The van der Waals surface area contributed by atoms with Crippen molar-refractivity contribution in [2.24, 2.45) is 5.92 Å². The smallest absolute Gasteiger partial charge is 0.0618 e.